The maximum absolute atomic E-state index is 12.6. The van der Waals surface area contributed by atoms with Crippen molar-refractivity contribution in [1.82, 2.24) is 15.3 Å². The molecule has 0 saturated heterocycles. The van der Waals surface area contributed by atoms with Crippen molar-refractivity contribution in [2.24, 2.45) is 0 Å². The van der Waals surface area contributed by atoms with Crippen molar-refractivity contribution in [3.63, 3.8) is 0 Å². The summed E-state index contributed by atoms with van der Waals surface area (Å²) in [5.74, 6) is 2.21. The maximum Gasteiger partial charge on any atom is 0.270 e. The molecule has 0 aliphatic heterocycles. The van der Waals surface area contributed by atoms with Crippen molar-refractivity contribution in [3.8, 4) is 11.5 Å². The minimum atomic E-state index is -0.273. The van der Waals surface area contributed by atoms with Crippen molar-refractivity contribution in [2.75, 3.05) is 19.5 Å². The number of aromatic nitrogens is 2. The van der Waals surface area contributed by atoms with Gasteiger partial charge in [-0.05, 0) is 49.2 Å². The quantitative estimate of drug-likeness (QED) is 0.636. The first-order valence-electron chi connectivity index (χ1n) is 9.17. The van der Waals surface area contributed by atoms with Gasteiger partial charge in [-0.2, -0.15) is 0 Å². The molecule has 3 aromatic rings. The van der Waals surface area contributed by atoms with Gasteiger partial charge in [0.2, 0.25) is 0 Å². The smallest absolute Gasteiger partial charge is 0.270 e. The highest BCUT2D eigenvalue weighted by Crippen LogP contribution is 2.28. The van der Waals surface area contributed by atoms with Crippen LogP contribution < -0.4 is 20.1 Å². The molecule has 7 heteroatoms. The number of hydrogen-bond donors (Lipinski definition) is 2. The molecule has 2 N–H and O–H groups in total. The van der Waals surface area contributed by atoms with E-state index in [1.54, 1.807) is 27.2 Å². The number of ether oxygens (including phenoxy) is 2. The number of amides is 1. The Bertz CT molecular complexity index is 1000. The Hall–Kier alpha value is -3.61. The monoisotopic (exact) mass is 392 g/mol. The lowest BCUT2D eigenvalue weighted by Gasteiger charge is -2.13. The molecule has 0 fully saturated rings. The minimum absolute atomic E-state index is 0.273. The van der Waals surface area contributed by atoms with E-state index >= 15 is 0 Å². The molecule has 3 rings (SSSR count). The molecule has 1 amide bonds. The Labute approximate surface area is 170 Å². The van der Waals surface area contributed by atoms with Crippen LogP contribution in [-0.4, -0.2) is 30.1 Å². The first-order valence-corrected chi connectivity index (χ1v) is 9.17. The van der Waals surface area contributed by atoms with Gasteiger partial charge in [-0.3, -0.25) is 4.79 Å². The minimum Gasteiger partial charge on any atom is -0.497 e. The SMILES string of the molecule is COc1ccc(CNC(=O)c2cc(Nc3cc(C)ccc3OC)nc(C)n2)cc1. The van der Waals surface area contributed by atoms with E-state index in [2.05, 4.69) is 20.6 Å². The topological polar surface area (TPSA) is 85.4 Å². The van der Waals surface area contributed by atoms with Gasteiger partial charge in [-0.1, -0.05) is 18.2 Å². The lowest BCUT2D eigenvalue weighted by Crippen LogP contribution is -2.24. The molecule has 29 heavy (non-hydrogen) atoms. The van der Waals surface area contributed by atoms with Crippen LogP contribution in [0, 0.1) is 13.8 Å². The van der Waals surface area contributed by atoms with Gasteiger partial charge in [0.05, 0.1) is 19.9 Å². The fourth-order valence-corrected chi connectivity index (χ4v) is 2.82. The van der Waals surface area contributed by atoms with Crippen LogP contribution in [0.4, 0.5) is 11.5 Å². The Morgan fingerprint density at radius 2 is 1.72 bits per heavy atom. The summed E-state index contributed by atoms with van der Waals surface area (Å²) in [6.07, 6.45) is 0. The van der Waals surface area contributed by atoms with Gasteiger partial charge in [-0.25, -0.2) is 9.97 Å². The predicted octanol–water partition coefficient (Wildman–Crippen LogP) is 3.78. The molecule has 0 saturated carbocycles. The predicted molar refractivity (Wildman–Crippen MR) is 112 cm³/mol. The normalized spacial score (nSPS) is 10.3. The first-order chi connectivity index (χ1) is 14.0. The molecular formula is C22H24N4O3. The fourth-order valence-electron chi connectivity index (χ4n) is 2.82. The zero-order valence-electron chi connectivity index (χ0n) is 16.9. The summed E-state index contributed by atoms with van der Waals surface area (Å²) in [7, 11) is 3.23. The second-order valence-corrected chi connectivity index (χ2v) is 6.55. The summed E-state index contributed by atoms with van der Waals surface area (Å²) < 4.78 is 10.5. The second kappa shape index (κ2) is 9.05. The summed E-state index contributed by atoms with van der Waals surface area (Å²) in [5, 5.41) is 6.10. The molecular weight excluding hydrogens is 368 g/mol. The van der Waals surface area contributed by atoms with Gasteiger partial charge in [0, 0.05) is 12.6 Å². The van der Waals surface area contributed by atoms with Crippen LogP contribution >= 0.6 is 0 Å². The zero-order valence-corrected chi connectivity index (χ0v) is 16.9. The number of benzene rings is 2. The number of anilines is 2. The highest BCUT2D eigenvalue weighted by Gasteiger charge is 2.12. The van der Waals surface area contributed by atoms with Gasteiger partial charge in [0.25, 0.3) is 5.91 Å². The average molecular weight is 392 g/mol. The van der Waals surface area contributed by atoms with Gasteiger partial charge < -0.3 is 20.1 Å². The summed E-state index contributed by atoms with van der Waals surface area (Å²) in [5.41, 5.74) is 3.11. The van der Waals surface area contributed by atoms with Crippen LogP contribution in [0.3, 0.4) is 0 Å². The lowest BCUT2D eigenvalue weighted by atomic mass is 10.2. The number of carbonyl (C=O) groups is 1. The van der Waals surface area contributed by atoms with Crippen LogP contribution in [0.25, 0.3) is 0 Å². The first kappa shape index (κ1) is 20.1. The highest BCUT2D eigenvalue weighted by atomic mass is 16.5. The number of hydrogen-bond acceptors (Lipinski definition) is 6. The number of nitrogens with zero attached hydrogens (tertiary/aromatic N) is 2. The summed E-state index contributed by atoms with van der Waals surface area (Å²) in [4.78, 5) is 21.2. The summed E-state index contributed by atoms with van der Waals surface area (Å²) >= 11 is 0. The summed E-state index contributed by atoms with van der Waals surface area (Å²) in [6.45, 7) is 4.13. The molecule has 0 unspecified atom stereocenters. The van der Waals surface area contributed by atoms with E-state index in [0.29, 0.717) is 29.6 Å². The fraction of sp³-hybridized carbons (Fsp3) is 0.227. The van der Waals surface area contributed by atoms with E-state index in [-0.39, 0.29) is 5.91 Å². The van der Waals surface area contributed by atoms with E-state index in [1.807, 2.05) is 49.4 Å². The van der Waals surface area contributed by atoms with Crippen molar-refractivity contribution >= 4 is 17.4 Å². The third-order valence-electron chi connectivity index (χ3n) is 4.30. The number of carbonyl (C=O) groups excluding carboxylic acids is 1. The van der Waals surface area contributed by atoms with Gasteiger partial charge in [0.1, 0.15) is 28.8 Å². The second-order valence-electron chi connectivity index (χ2n) is 6.55. The lowest BCUT2D eigenvalue weighted by molar-refractivity contribution is 0.0945. The standard InChI is InChI=1S/C22H24N4O3/c1-14-5-10-20(29-4)18(11-14)26-21-12-19(24-15(2)25-21)22(27)23-13-16-6-8-17(28-3)9-7-16/h5-12H,13H2,1-4H3,(H,23,27)(H,24,25,26). The van der Waals surface area contributed by atoms with E-state index in [1.165, 1.54) is 0 Å². The zero-order chi connectivity index (χ0) is 20.8. The molecule has 0 aliphatic carbocycles. The van der Waals surface area contributed by atoms with Crippen LogP contribution in [0.5, 0.6) is 11.5 Å². The molecule has 7 nitrogen and oxygen atoms in total. The maximum atomic E-state index is 12.6. The van der Waals surface area contributed by atoms with E-state index in [0.717, 1.165) is 22.6 Å². The molecule has 0 atom stereocenters. The number of aryl methyl sites for hydroxylation is 2. The van der Waals surface area contributed by atoms with Crippen LogP contribution in [-0.2, 0) is 6.54 Å². The average Bonchev–Trinajstić information content (AvgIpc) is 2.72. The number of methoxy groups -OCH3 is 2. The third kappa shape index (κ3) is 5.22. The van der Waals surface area contributed by atoms with Crippen LogP contribution in [0.2, 0.25) is 0 Å². The van der Waals surface area contributed by atoms with Crippen molar-refractivity contribution in [1.29, 1.82) is 0 Å². The molecule has 0 aliphatic rings. The number of nitrogens with one attached hydrogen (secondary N) is 2. The van der Waals surface area contributed by atoms with Crippen molar-refractivity contribution in [2.45, 2.75) is 20.4 Å². The largest absolute Gasteiger partial charge is 0.497 e. The Kier molecular flexibility index (Phi) is 6.29. The number of rotatable bonds is 7. The van der Waals surface area contributed by atoms with Gasteiger partial charge in [-0.15, -0.1) is 0 Å². The van der Waals surface area contributed by atoms with Gasteiger partial charge in [0.15, 0.2) is 0 Å². The molecule has 2 aromatic carbocycles. The van der Waals surface area contributed by atoms with E-state index in [9.17, 15) is 4.79 Å². The molecule has 0 radical (unpaired) electrons. The molecule has 1 heterocycles. The van der Waals surface area contributed by atoms with Crippen LogP contribution in [0.15, 0.2) is 48.5 Å². The van der Waals surface area contributed by atoms with E-state index in [4.69, 9.17) is 9.47 Å². The Balaban J connectivity index is 1.74. The van der Waals surface area contributed by atoms with Crippen LogP contribution in [0.1, 0.15) is 27.4 Å². The Morgan fingerprint density at radius 1 is 0.966 bits per heavy atom. The molecule has 0 bridgehead atoms. The van der Waals surface area contributed by atoms with Gasteiger partial charge >= 0.3 is 0 Å². The molecule has 1 aromatic heterocycles. The Morgan fingerprint density at radius 3 is 2.41 bits per heavy atom. The molecule has 0 spiro atoms. The van der Waals surface area contributed by atoms with Crippen molar-refractivity contribution < 1.29 is 14.3 Å². The highest BCUT2D eigenvalue weighted by molar-refractivity contribution is 5.93. The third-order valence-corrected chi connectivity index (χ3v) is 4.30. The van der Waals surface area contributed by atoms with Crippen molar-refractivity contribution in [3.05, 3.63) is 71.2 Å². The van der Waals surface area contributed by atoms with E-state index < -0.39 is 0 Å². The molecule has 150 valence electrons. The summed E-state index contributed by atoms with van der Waals surface area (Å²) in [6, 6.07) is 14.9.